The Kier molecular flexibility index (Phi) is 5.55. The van der Waals surface area contributed by atoms with E-state index in [9.17, 15) is 0 Å². The van der Waals surface area contributed by atoms with Crippen molar-refractivity contribution in [2.45, 2.75) is 5.75 Å². The molecule has 0 saturated heterocycles. The summed E-state index contributed by atoms with van der Waals surface area (Å²) >= 11 is 3.30. The van der Waals surface area contributed by atoms with Gasteiger partial charge in [-0.15, -0.1) is 0 Å². The average Bonchev–Trinajstić information content (AvgIpc) is 2.69. The van der Waals surface area contributed by atoms with Crippen molar-refractivity contribution in [2.24, 2.45) is 10.7 Å². The number of nitrogens with two attached hydrogens (primary N) is 1. The fourth-order valence-corrected chi connectivity index (χ4v) is 1.80. The van der Waals surface area contributed by atoms with E-state index in [1.807, 2.05) is 24.1 Å². The molecule has 6 heteroatoms. The predicted octanol–water partition coefficient (Wildman–Crippen LogP) is 1.32. The number of thioether (sulfide) groups is 2. The Bertz CT molecular complexity index is 271. The molecule has 0 saturated carbocycles. The Balaban J connectivity index is 2.05. The molecule has 1 aromatic heterocycles. The van der Waals surface area contributed by atoms with Crippen LogP contribution in [0.3, 0.4) is 0 Å². The second kappa shape index (κ2) is 6.78. The molecule has 0 radical (unpaired) electrons. The second-order valence-corrected chi connectivity index (χ2v) is 4.49. The molecule has 1 aromatic rings. The Morgan fingerprint density at radius 3 is 3.21 bits per heavy atom. The molecule has 0 atom stereocenters. The molecule has 0 bridgehead atoms. The van der Waals surface area contributed by atoms with Gasteiger partial charge in [-0.25, -0.2) is 0 Å². The number of hydrogen-bond acceptors (Lipinski definition) is 4. The zero-order chi connectivity index (χ0) is 10.2. The topological polar surface area (TPSA) is 67.1 Å². The van der Waals surface area contributed by atoms with Crippen molar-refractivity contribution in [1.82, 2.24) is 10.2 Å². The van der Waals surface area contributed by atoms with Crippen molar-refractivity contribution in [3.8, 4) is 0 Å². The van der Waals surface area contributed by atoms with E-state index in [0.717, 1.165) is 23.7 Å². The second-order valence-electron chi connectivity index (χ2n) is 2.56. The van der Waals surface area contributed by atoms with Gasteiger partial charge >= 0.3 is 0 Å². The minimum absolute atomic E-state index is 0.659. The molecule has 3 N–H and O–H groups in total. The fraction of sp³-hybridized carbons (Fsp3) is 0.500. The lowest BCUT2D eigenvalue weighted by molar-refractivity contribution is 1.04. The molecule has 0 aliphatic heterocycles. The normalized spacial score (nSPS) is 11.9. The van der Waals surface area contributed by atoms with Crippen LogP contribution in [0.1, 0.15) is 5.69 Å². The number of amidine groups is 1. The molecule has 0 fully saturated rings. The molecular formula is C8H14N4S2. The fourth-order valence-electron chi connectivity index (χ4n) is 0.832. The summed E-state index contributed by atoms with van der Waals surface area (Å²) in [5, 5.41) is 7.45. The van der Waals surface area contributed by atoms with Gasteiger partial charge in [-0.05, 0) is 12.3 Å². The number of aromatic nitrogens is 2. The smallest absolute Gasteiger partial charge is 0.153 e. The van der Waals surface area contributed by atoms with Gasteiger partial charge in [0, 0.05) is 23.4 Å². The van der Waals surface area contributed by atoms with Crippen molar-refractivity contribution >= 4 is 28.7 Å². The first-order valence-electron chi connectivity index (χ1n) is 4.23. The predicted molar refractivity (Wildman–Crippen MR) is 64.8 cm³/mol. The SMILES string of the molecule is CSC(N)=NCCSCc1ccn[nH]1. The van der Waals surface area contributed by atoms with Gasteiger partial charge in [-0.3, -0.25) is 10.1 Å². The molecule has 78 valence electrons. The number of aromatic amines is 1. The third-order valence-electron chi connectivity index (χ3n) is 1.53. The first-order valence-corrected chi connectivity index (χ1v) is 6.61. The van der Waals surface area contributed by atoms with Crippen LogP contribution in [0, 0.1) is 0 Å². The van der Waals surface area contributed by atoms with Crippen molar-refractivity contribution in [1.29, 1.82) is 0 Å². The van der Waals surface area contributed by atoms with E-state index in [1.165, 1.54) is 11.8 Å². The minimum Gasteiger partial charge on any atom is -0.379 e. The van der Waals surface area contributed by atoms with Crippen LogP contribution < -0.4 is 5.73 Å². The Labute approximate surface area is 92.1 Å². The van der Waals surface area contributed by atoms with Crippen LogP contribution >= 0.6 is 23.5 Å². The summed E-state index contributed by atoms with van der Waals surface area (Å²) in [6.45, 7) is 0.783. The first-order chi connectivity index (χ1) is 6.83. The van der Waals surface area contributed by atoms with Gasteiger partial charge in [0.05, 0.1) is 6.54 Å². The maximum absolute atomic E-state index is 5.54. The molecule has 0 aromatic carbocycles. The van der Waals surface area contributed by atoms with Crippen molar-refractivity contribution in [2.75, 3.05) is 18.6 Å². The standard InChI is InChI=1S/C8H14N4S2/c1-13-8(9)10-4-5-14-6-7-2-3-11-12-7/h2-3H,4-6H2,1H3,(H2,9,10)(H,11,12). The first kappa shape index (κ1) is 11.5. The van der Waals surface area contributed by atoms with E-state index < -0.39 is 0 Å². The summed E-state index contributed by atoms with van der Waals surface area (Å²) in [6.07, 6.45) is 3.69. The maximum Gasteiger partial charge on any atom is 0.153 e. The van der Waals surface area contributed by atoms with Gasteiger partial charge in [0.2, 0.25) is 0 Å². The highest BCUT2D eigenvalue weighted by atomic mass is 32.2. The lowest BCUT2D eigenvalue weighted by atomic mass is 10.5. The van der Waals surface area contributed by atoms with E-state index in [0.29, 0.717) is 5.17 Å². The zero-order valence-corrected chi connectivity index (χ0v) is 9.70. The van der Waals surface area contributed by atoms with E-state index in [2.05, 4.69) is 15.2 Å². The summed E-state index contributed by atoms with van der Waals surface area (Å²) in [5.41, 5.74) is 6.69. The summed E-state index contributed by atoms with van der Waals surface area (Å²) in [6, 6.07) is 1.98. The van der Waals surface area contributed by atoms with Gasteiger partial charge in [-0.2, -0.15) is 16.9 Å². The summed E-state index contributed by atoms with van der Waals surface area (Å²) < 4.78 is 0. The van der Waals surface area contributed by atoms with E-state index >= 15 is 0 Å². The Morgan fingerprint density at radius 1 is 1.71 bits per heavy atom. The number of nitrogens with one attached hydrogen (secondary N) is 1. The molecular weight excluding hydrogens is 216 g/mol. The van der Waals surface area contributed by atoms with E-state index in [-0.39, 0.29) is 0 Å². The number of rotatable bonds is 5. The number of H-pyrrole nitrogens is 1. The monoisotopic (exact) mass is 230 g/mol. The lowest BCUT2D eigenvalue weighted by Crippen LogP contribution is -2.06. The Hall–Kier alpha value is -0.620. The number of aliphatic imine (C=N–C) groups is 1. The van der Waals surface area contributed by atoms with Crippen LogP contribution in [-0.4, -0.2) is 33.9 Å². The molecule has 0 unspecified atom stereocenters. The lowest BCUT2D eigenvalue weighted by Gasteiger charge is -1.97. The highest BCUT2D eigenvalue weighted by Gasteiger charge is 1.93. The van der Waals surface area contributed by atoms with Crippen molar-refractivity contribution < 1.29 is 0 Å². The van der Waals surface area contributed by atoms with E-state index in [4.69, 9.17) is 5.73 Å². The van der Waals surface area contributed by atoms with Gasteiger partial charge in [0.1, 0.15) is 0 Å². The quantitative estimate of drug-likeness (QED) is 0.455. The van der Waals surface area contributed by atoms with Crippen LogP contribution in [0.5, 0.6) is 0 Å². The highest BCUT2D eigenvalue weighted by molar-refractivity contribution is 8.13. The van der Waals surface area contributed by atoms with Gasteiger partial charge < -0.3 is 5.73 Å². The molecule has 0 amide bonds. The molecule has 1 heterocycles. The molecule has 0 aliphatic rings. The molecule has 4 nitrogen and oxygen atoms in total. The summed E-state index contributed by atoms with van der Waals surface area (Å²) in [7, 11) is 0. The largest absolute Gasteiger partial charge is 0.379 e. The molecule has 1 rings (SSSR count). The van der Waals surface area contributed by atoms with Crippen LogP contribution in [0.4, 0.5) is 0 Å². The van der Waals surface area contributed by atoms with Gasteiger partial charge in [0.15, 0.2) is 5.17 Å². The molecule has 0 spiro atoms. The number of nitrogens with zero attached hydrogens (tertiary/aromatic N) is 2. The van der Waals surface area contributed by atoms with Crippen LogP contribution in [0.15, 0.2) is 17.3 Å². The van der Waals surface area contributed by atoms with Crippen LogP contribution in [-0.2, 0) is 5.75 Å². The average molecular weight is 230 g/mol. The van der Waals surface area contributed by atoms with Gasteiger partial charge in [0.25, 0.3) is 0 Å². The molecule has 14 heavy (non-hydrogen) atoms. The summed E-state index contributed by atoms with van der Waals surface area (Å²) in [5.74, 6) is 1.94. The number of hydrogen-bond donors (Lipinski definition) is 2. The van der Waals surface area contributed by atoms with Crippen molar-refractivity contribution in [3.63, 3.8) is 0 Å². The third kappa shape index (κ3) is 4.57. The van der Waals surface area contributed by atoms with Crippen molar-refractivity contribution in [3.05, 3.63) is 18.0 Å². The minimum atomic E-state index is 0.659. The molecule has 0 aliphatic carbocycles. The Morgan fingerprint density at radius 2 is 2.57 bits per heavy atom. The van der Waals surface area contributed by atoms with E-state index in [1.54, 1.807) is 6.20 Å². The van der Waals surface area contributed by atoms with Crippen LogP contribution in [0.2, 0.25) is 0 Å². The highest BCUT2D eigenvalue weighted by Crippen LogP contribution is 2.08. The van der Waals surface area contributed by atoms with Gasteiger partial charge in [-0.1, -0.05) is 11.8 Å². The zero-order valence-electron chi connectivity index (χ0n) is 8.06. The third-order valence-corrected chi connectivity index (χ3v) is 3.06. The maximum atomic E-state index is 5.54. The van der Waals surface area contributed by atoms with Crippen LogP contribution in [0.25, 0.3) is 0 Å². The summed E-state index contributed by atoms with van der Waals surface area (Å²) in [4.78, 5) is 4.17.